The minimum absolute atomic E-state index is 0.624. The number of hydrogen-bond acceptors (Lipinski definition) is 2. The highest BCUT2D eigenvalue weighted by atomic mass is 35.5. The Balaban J connectivity index is 1.93. The Morgan fingerprint density at radius 3 is 2.58 bits per heavy atom. The van der Waals surface area contributed by atoms with Crippen LogP contribution in [0.1, 0.15) is 10.7 Å². The molecule has 0 saturated carbocycles. The summed E-state index contributed by atoms with van der Waals surface area (Å²) < 4.78 is 0. The fourth-order valence-electron chi connectivity index (χ4n) is 1.91. The first-order chi connectivity index (χ1) is 9.24. The van der Waals surface area contributed by atoms with Gasteiger partial charge in [0.05, 0.1) is 21.9 Å². The molecule has 1 N–H and O–H groups in total. The summed E-state index contributed by atoms with van der Waals surface area (Å²) in [5.41, 5.74) is 1.65. The van der Waals surface area contributed by atoms with Crippen LogP contribution in [0.2, 0.25) is 10.0 Å². The first-order valence-electron chi connectivity index (χ1n) is 5.74. The summed E-state index contributed by atoms with van der Waals surface area (Å²) >= 11 is 14.1. The van der Waals surface area contributed by atoms with Gasteiger partial charge in [0.25, 0.3) is 0 Å². The van der Waals surface area contributed by atoms with Crippen LogP contribution >= 0.6 is 34.5 Å². The van der Waals surface area contributed by atoms with E-state index in [1.807, 2.05) is 24.3 Å². The number of nitrogens with one attached hydrogen (secondary N) is 1. The van der Waals surface area contributed by atoms with Crippen LogP contribution in [0.4, 0.5) is 0 Å². The monoisotopic (exact) mass is 308 g/mol. The minimum atomic E-state index is 0.624. The quantitative estimate of drug-likeness (QED) is 0.721. The number of H-pyrrole nitrogens is 1. The Kier molecular flexibility index (Phi) is 3.60. The van der Waals surface area contributed by atoms with Crippen molar-refractivity contribution in [3.05, 3.63) is 62.7 Å². The summed E-state index contributed by atoms with van der Waals surface area (Å²) in [5, 5.41) is 3.31. The van der Waals surface area contributed by atoms with Crippen LogP contribution in [-0.2, 0) is 6.42 Å². The lowest BCUT2D eigenvalue weighted by molar-refractivity contribution is 1.05. The highest BCUT2D eigenvalue weighted by Crippen LogP contribution is 2.33. The SMILES string of the molecule is Clc1cccc(Cl)c1-c1cnc(Cc2cccs2)[nH]1. The molecule has 3 rings (SSSR count). The smallest absolute Gasteiger partial charge is 0.111 e. The largest absolute Gasteiger partial charge is 0.342 e. The summed E-state index contributed by atoms with van der Waals surface area (Å²) in [5.74, 6) is 0.911. The zero-order valence-electron chi connectivity index (χ0n) is 9.86. The lowest BCUT2D eigenvalue weighted by Crippen LogP contribution is -1.88. The Morgan fingerprint density at radius 1 is 1.11 bits per heavy atom. The summed E-state index contributed by atoms with van der Waals surface area (Å²) in [6, 6.07) is 9.60. The van der Waals surface area contributed by atoms with E-state index in [0.717, 1.165) is 23.5 Å². The van der Waals surface area contributed by atoms with E-state index in [0.29, 0.717) is 10.0 Å². The second kappa shape index (κ2) is 5.37. The molecule has 0 radical (unpaired) electrons. The van der Waals surface area contributed by atoms with Gasteiger partial charge >= 0.3 is 0 Å². The van der Waals surface area contributed by atoms with Crippen LogP contribution in [0.3, 0.4) is 0 Å². The van der Waals surface area contributed by atoms with Gasteiger partial charge < -0.3 is 4.98 Å². The van der Waals surface area contributed by atoms with E-state index >= 15 is 0 Å². The van der Waals surface area contributed by atoms with Gasteiger partial charge in [-0.05, 0) is 23.6 Å². The summed E-state index contributed by atoms with van der Waals surface area (Å²) in [7, 11) is 0. The average molecular weight is 309 g/mol. The molecular weight excluding hydrogens is 299 g/mol. The number of benzene rings is 1. The van der Waals surface area contributed by atoms with Crippen LogP contribution in [0.25, 0.3) is 11.3 Å². The number of thiophene rings is 1. The maximum Gasteiger partial charge on any atom is 0.111 e. The van der Waals surface area contributed by atoms with Crippen LogP contribution in [0, 0.1) is 0 Å². The second-order valence-corrected chi connectivity index (χ2v) is 5.94. The average Bonchev–Trinajstić information content (AvgIpc) is 3.02. The first-order valence-corrected chi connectivity index (χ1v) is 7.38. The molecule has 3 aromatic rings. The summed E-state index contributed by atoms with van der Waals surface area (Å²) in [4.78, 5) is 8.93. The zero-order chi connectivity index (χ0) is 13.2. The van der Waals surface area contributed by atoms with Gasteiger partial charge in [-0.2, -0.15) is 0 Å². The molecule has 0 amide bonds. The molecule has 0 atom stereocenters. The van der Waals surface area contributed by atoms with Gasteiger partial charge in [-0.3, -0.25) is 0 Å². The van der Waals surface area contributed by atoms with E-state index in [2.05, 4.69) is 21.4 Å². The van der Waals surface area contributed by atoms with Crippen molar-refractivity contribution in [1.29, 1.82) is 0 Å². The standard InChI is InChI=1S/C14H10Cl2N2S/c15-10-4-1-5-11(16)14(10)12-8-17-13(18-12)7-9-3-2-6-19-9/h1-6,8H,7H2,(H,17,18). The number of rotatable bonds is 3. The van der Waals surface area contributed by atoms with Crippen molar-refractivity contribution in [2.24, 2.45) is 0 Å². The Morgan fingerprint density at radius 2 is 1.89 bits per heavy atom. The molecule has 1 aromatic carbocycles. The molecule has 0 aliphatic heterocycles. The van der Waals surface area contributed by atoms with E-state index in [-0.39, 0.29) is 0 Å². The third kappa shape index (κ3) is 2.68. The van der Waals surface area contributed by atoms with Crippen LogP contribution in [0.15, 0.2) is 41.9 Å². The van der Waals surface area contributed by atoms with Gasteiger partial charge in [0, 0.05) is 16.9 Å². The van der Waals surface area contributed by atoms with Gasteiger partial charge in [0.15, 0.2) is 0 Å². The molecule has 0 fully saturated rings. The number of halogens is 2. The zero-order valence-corrected chi connectivity index (χ0v) is 12.2. The molecule has 0 spiro atoms. The molecule has 19 heavy (non-hydrogen) atoms. The van der Waals surface area contributed by atoms with Crippen molar-refractivity contribution in [2.45, 2.75) is 6.42 Å². The first kappa shape index (κ1) is 12.7. The molecular formula is C14H10Cl2N2S. The number of aromatic amines is 1. The lowest BCUT2D eigenvalue weighted by Gasteiger charge is -2.03. The molecule has 2 nitrogen and oxygen atoms in total. The van der Waals surface area contributed by atoms with E-state index < -0.39 is 0 Å². The van der Waals surface area contributed by atoms with E-state index in [9.17, 15) is 0 Å². The van der Waals surface area contributed by atoms with Crippen LogP contribution in [0.5, 0.6) is 0 Å². The molecule has 5 heteroatoms. The van der Waals surface area contributed by atoms with E-state index in [1.54, 1.807) is 17.5 Å². The fourth-order valence-corrected chi connectivity index (χ4v) is 3.22. The van der Waals surface area contributed by atoms with E-state index in [1.165, 1.54) is 4.88 Å². The Bertz CT molecular complexity index is 669. The van der Waals surface area contributed by atoms with Gasteiger partial charge in [-0.25, -0.2) is 4.98 Å². The molecule has 96 valence electrons. The van der Waals surface area contributed by atoms with Crippen molar-refractivity contribution < 1.29 is 0 Å². The molecule has 0 aliphatic carbocycles. The predicted octanol–water partition coefficient (Wildman–Crippen LogP) is 5.04. The molecule has 2 heterocycles. The Hall–Kier alpha value is -1.29. The minimum Gasteiger partial charge on any atom is -0.342 e. The maximum atomic E-state index is 6.19. The summed E-state index contributed by atoms with van der Waals surface area (Å²) in [6.07, 6.45) is 2.57. The van der Waals surface area contributed by atoms with Crippen molar-refractivity contribution in [3.8, 4) is 11.3 Å². The van der Waals surface area contributed by atoms with Crippen LogP contribution in [-0.4, -0.2) is 9.97 Å². The van der Waals surface area contributed by atoms with Crippen molar-refractivity contribution in [1.82, 2.24) is 9.97 Å². The molecule has 2 aromatic heterocycles. The Labute approximate surface area is 125 Å². The van der Waals surface area contributed by atoms with Crippen molar-refractivity contribution >= 4 is 34.5 Å². The van der Waals surface area contributed by atoms with Gasteiger partial charge in [0.1, 0.15) is 5.82 Å². The number of imidazole rings is 1. The third-order valence-corrected chi connectivity index (χ3v) is 4.29. The molecule has 0 saturated heterocycles. The highest BCUT2D eigenvalue weighted by molar-refractivity contribution is 7.09. The van der Waals surface area contributed by atoms with Gasteiger partial charge in [0.2, 0.25) is 0 Å². The normalized spacial score (nSPS) is 10.8. The fraction of sp³-hybridized carbons (Fsp3) is 0.0714. The number of nitrogens with zero attached hydrogens (tertiary/aromatic N) is 1. The van der Waals surface area contributed by atoms with E-state index in [4.69, 9.17) is 23.2 Å². The van der Waals surface area contributed by atoms with Crippen molar-refractivity contribution in [3.63, 3.8) is 0 Å². The topological polar surface area (TPSA) is 28.7 Å². The predicted molar refractivity (Wildman–Crippen MR) is 81.2 cm³/mol. The lowest BCUT2D eigenvalue weighted by atomic mass is 10.2. The van der Waals surface area contributed by atoms with Gasteiger partial charge in [-0.15, -0.1) is 11.3 Å². The number of aromatic nitrogens is 2. The number of hydrogen-bond donors (Lipinski definition) is 1. The summed E-state index contributed by atoms with van der Waals surface area (Å²) in [6.45, 7) is 0. The van der Waals surface area contributed by atoms with Crippen molar-refractivity contribution in [2.75, 3.05) is 0 Å². The molecule has 0 bridgehead atoms. The molecule has 0 aliphatic rings. The third-order valence-electron chi connectivity index (χ3n) is 2.78. The van der Waals surface area contributed by atoms with Gasteiger partial charge in [-0.1, -0.05) is 35.3 Å². The second-order valence-electron chi connectivity index (χ2n) is 4.10. The highest BCUT2D eigenvalue weighted by Gasteiger charge is 2.11. The maximum absolute atomic E-state index is 6.19. The molecule has 0 unspecified atom stereocenters. The van der Waals surface area contributed by atoms with Crippen LogP contribution < -0.4 is 0 Å².